The number of nitrogens with one attached hydrogen (secondary N) is 1. The van der Waals surface area contributed by atoms with E-state index < -0.39 is 10.0 Å². The van der Waals surface area contributed by atoms with Crippen LogP contribution in [0.1, 0.15) is 17.0 Å². The van der Waals surface area contributed by atoms with Crippen molar-refractivity contribution in [1.82, 2.24) is 14.7 Å². The summed E-state index contributed by atoms with van der Waals surface area (Å²) < 4.78 is 26.5. The smallest absolute Gasteiger partial charge is 0.240 e. The molecule has 0 aliphatic heterocycles. The molecule has 0 amide bonds. The molecule has 7 heteroatoms. The third kappa shape index (κ3) is 3.38. The summed E-state index contributed by atoms with van der Waals surface area (Å²) in [7, 11) is -3.62. The molecule has 0 spiro atoms. The first-order valence-electron chi connectivity index (χ1n) is 5.78. The van der Waals surface area contributed by atoms with Crippen molar-refractivity contribution in [3.8, 4) is 6.07 Å². The molecule has 2 rings (SSSR count). The fraction of sp³-hybridized carbons (Fsp3) is 0.154. The molecule has 0 fully saturated rings. The second kappa shape index (κ2) is 5.77. The maximum Gasteiger partial charge on any atom is 0.240 e. The Hall–Kier alpha value is -2.30. The SMILES string of the molecule is Cc1cnc(CNS(=O)(=O)c2ccc(C#N)cc2)cn1. The van der Waals surface area contributed by atoms with Crippen LogP contribution in [0.4, 0.5) is 0 Å². The van der Waals surface area contributed by atoms with E-state index in [0.29, 0.717) is 11.3 Å². The normalized spacial score (nSPS) is 11.0. The molecule has 1 aromatic heterocycles. The Balaban J connectivity index is 2.10. The van der Waals surface area contributed by atoms with Gasteiger partial charge in [0, 0.05) is 6.20 Å². The van der Waals surface area contributed by atoms with Crippen LogP contribution in [0.2, 0.25) is 0 Å². The molecule has 6 nitrogen and oxygen atoms in total. The Morgan fingerprint density at radius 3 is 2.45 bits per heavy atom. The molecular formula is C13H12N4O2S. The third-order valence-corrected chi connectivity index (χ3v) is 3.99. The summed E-state index contributed by atoms with van der Waals surface area (Å²) >= 11 is 0. The van der Waals surface area contributed by atoms with E-state index in [1.165, 1.54) is 30.5 Å². The molecule has 0 bridgehead atoms. The number of hydrogen-bond donors (Lipinski definition) is 1. The Morgan fingerprint density at radius 1 is 1.20 bits per heavy atom. The maximum atomic E-state index is 12.0. The van der Waals surface area contributed by atoms with Gasteiger partial charge in [0.05, 0.1) is 40.7 Å². The number of nitriles is 1. The van der Waals surface area contributed by atoms with Gasteiger partial charge in [0.2, 0.25) is 10.0 Å². The lowest BCUT2D eigenvalue weighted by Crippen LogP contribution is -2.23. The molecule has 1 heterocycles. The van der Waals surface area contributed by atoms with E-state index in [0.717, 1.165) is 5.69 Å². The molecule has 0 atom stereocenters. The van der Waals surface area contributed by atoms with Crippen LogP contribution in [-0.2, 0) is 16.6 Å². The molecule has 0 unspecified atom stereocenters. The van der Waals surface area contributed by atoms with Crippen molar-refractivity contribution in [3.05, 3.63) is 53.6 Å². The average Bonchev–Trinajstić information content (AvgIpc) is 2.47. The molecule has 0 saturated heterocycles. The van der Waals surface area contributed by atoms with Gasteiger partial charge in [0.25, 0.3) is 0 Å². The largest absolute Gasteiger partial charge is 0.258 e. The Labute approximate surface area is 117 Å². The molecule has 1 N–H and O–H groups in total. The van der Waals surface area contributed by atoms with Gasteiger partial charge in [-0.05, 0) is 31.2 Å². The summed E-state index contributed by atoms with van der Waals surface area (Å²) in [6, 6.07) is 7.63. The van der Waals surface area contributed by atoms with E-state index in [-0.39, 0.29) is 11.4 Å². The van der Waals surface area contributed by atoms with Crippen LogP contribution in [0.25, 0.3) is 0 Å². The molecule has 0 aliphatic carbocycles. The second-order valence-electron chi connectivity index (χ2n) is 4.11. The van der Waals surface area contributed by atoms with Gasteiger partial charge < -0.3 is 0 Å². The van der Waals surface area contributed by atoms with E-state index in [2.05, 4.69) is 14.7 Å². The van der Waals surface area contributed by atoms with E-state index in [9.17, 15) is 8.42 Å². The minimum atomic E-state index is -3.62. The predicted octanol–water partition coefficient (Wildman–Crippen LogP) is 1.14. The highest BCUT2D eigenvalue weighted by molar-refractivity contribution is 7.89. The first kappa shape index (κ1) is 14.1. The Kier molecular flexibility index (Phi) is 4.08. The molecule has 0 radical (unpaired) electrons. The summed E-state index contributed by atoms with van der Waals surface area (Å²) in [5.41, 5.74) is 1.71. The van der Waals surface area contributed by atoms with E-state index in [1.54, 1.807) is 13.1 Å². The highest BCUT2D eigenvalue weighted by Crippen LogP contribution is 2.10. The lowest BCUT2D eigenvalue weighted by Gasteiger charge is -2.06. The average molecular weight is 288 g/mol. The molecule has 1 aromatic carbocycles. The lowest BCUT2D eigenvalue weighted by molar-refractivity contribution is 0.580. The maximum absolute atomic E-state index is 12.0. The highest BCUT2D eigenvalue weighted by atomic mass is 32.2. The van der Waals surface area contributed by atoms with Crippen LogP contribution in [0.15, 0.2) is 41.6 Å². The van der Waals surface area contributed by atoms with Crippen molar-refractivity contribution in [2.45, 2.75) is 18.4 Å². The van der Waals surface area contributed by atoms with Gasteiger partial charge in [-0.25, -0.2) is 13.1 Å². The third-order valence-electron chi connectivity index (χ3n) is 2.57. The van der Waals surface area contributed by atoms with Crippen molar-refractivity contribution in [3.63, 3.8) is 0 Å². The fourth-order valence-electron chi connectivity index (χ4n) is 1.47. The van der Waals surface area contributed by atoms with Gasteiger partial charge in [-0.15, -0.1) is 0 Å². The zero-order chi connectivity index (χ0) is 14.6. The van der Waals surface area contributed by atoms with E-state index >= 15 is 0 Å². The number of sulfonamides is 1. The van der Waals surface area contributed by atoms with Gasteiger partial charge in [-0.1, -0.05) is 0 Å². The highest BCUT2D eigenvalue weighted by Gasteiger charge is 2.13. The van der Waals surface area contributed by atoms with Crippen LogP contribution in [0, 0.1) is 18.3 Å². The quantitative estimate of drug-likeness (QED) is 0.910. The molecule has 20 heavy (non-hydrogen) atoms. The topological polar surface area (TPSA) is 95.7 Å². The van der Waals surface area contributed by atoms with E-state index in [1.807, 2.05) is 6.07 Å². The Bertz CT molecular complexity index is 731. The van der Waals surface area contributed by atoms with Gasteiger partial charge >= 0.3 is 0 Å². The fourth-order valence-corrected chi connectivity index (χ4v) is 2.47. The minimum Gasteiger partial charge on any atom is -0.258 e. The molecule has 2 aromatic rings. The van der Waals surface area contributed by atoms with Crippen LogP contribution < -0.4 is 4.72 Å². The van der Waals surface area contributed by atoms with Crippen molar-refractivity contribution in [2.75, 3.05) is 0 Å². The minimum absolute atomic E-state index is 0.0651. The van der Waals surface area contributed by atoms with Crippen LogP contribution in [-0.4, -0.2) is 18.4 Å². The number of aromatic nitrogens is 2. The van der Waals surface area contributed by atoms with Crippen LogP contribution >= 0.6 is 0 Å². The number of nitrogens with zero attached hydrogens (tertiary/aromatic N) is 3. The second-order valence-corrected chi connectivity index (χ2v) is 5.88. The molecule has 102 valence electrons. The summed E-state index contributed by atoms with van der Waals surface area (Å²) in [6.07, 6.45) is 3.10. The van der Waals surface area contributed by atoms with Gasteiger partial charge in [-0.2, -0.15) is 5.26 Å². The van der Waals surface area contributed by atoms with Crippen LogP contribution in [0.3, 0.4) is 0 Å². The first-order chi connectivity index (χ1) is 9.51. The molecule has 0 aliphatic rings. The number of hydrogen-bond acceptors (Lipinski definition) is 5. The summed E-state index contributed by atoms with van der Waals surface area (Å²) in [5, 5.41) is 8.68. The summed E-state index contributed by atoms with van der Waals surface area (Å²) in [6.45, 7) is 1.87. The van der Waals surface area contributed by atoms with Crippen molar-refractivity contribution in [2.24, 2.45) is 0 Å². The summed E-state index contributed by atoms with van der Waals surface area (Å²) in [5.74, 6) is 0. The Morgan fingerprint density at radius 2 is 1.90 bits per heavy atom. The number of rotatable bonds is 4. The zero-order valence-corrected chi connectivity index (χ0v) is 11.6. The van der Waals surface area contributed by atoms with Crippen molar-refractivity contribution in [1.29, 1.82) is 5.26 Å². The lowest BCUT2D eigenvalue weighted by atomic mass is 10.2. The van der Waals surface area contributed by atoms with Crippen molar-refractivity contribution >= 4 is 10.0 Å². The van der Waals surface area contributed by atoms with Gasteiger partial charge in [0.15, 0.2) is 0 Å². The number of benzene rings is 1. The molecule has 0 saturated carbocycles. The van der Waals surface area contributed by atoms with Gasteiger partial charge in [0.1, 0.15) is 0 Å². The monoisotopic (exact) mass is 288 g/mol. The van der Waals surface area contributed by atoms with E-state index in [4.69, 9.17) is 5.26 Å². The first-order valence-corrected chi connectivity index (χ1v) is 7.27. The van der Waals surface area contributed by atoms with Crippen LogP contribution in [0.5, 0.6) is 0 Å². The van der Waals surface area contributed by atoms with Gasteiger partial charge in [-0.3, -0.25) is 9.97 Å². The standard InChI is InChI=1S/C13H12N4O2S/c1-10-7-16-12(8-15-10)9-17-20(18,19)13-4-2-11(6-14)3-5-13/h2-5,7-8,17H,9H2,1H3. The zero-order valence-electron chi connectivity index (χ0n) is 10.7. The number of aryl methyl sites for hydroxylation is 1. The summed E-state index contributed by atoms with van der Waals surface area (Å²) in [4.78, 5) is 8.22. The molecular weight excluding hydrogens is 276 g/mol. The predicted molar refractivity (Wildman–Crippen MR) is 72.0 cm³/mol. The van der Waals surface area contributed by atoms with Crippen molar-refractivity contribution < 1.29 is 8.42 Å².